The van der Waals surface area contributed by atoms with Crippen LogP contribution in [0.4, 0.5) is 0 Å². The van der Waals surface area contributed by atoms with Crippen LogP contribution in [-0.4, -0.2) is 42.0 Å². The number of hydrogen-bond acceptors (Lipinski definition) is 2. The van der Waals surface area contributed by atoms with Gasteiger partial charge < -0.3 is 20.1 Å². The zero-order valence-corrected chi connectivity index (χ0v) is 19.2. The van der Waals surface area contributed by atoms with Crippen molar-refractivity contribution in [2.75, 3.05) is 20.6 Å². The maximum atomic E-state index is 11.8. The van der Waals surface area contributed by atoms with E-state index >= 15 is 0 Å². The summed E-state index contributed by atoms with van der Waals surface area (Å²) >= 11 is 6.07. The van der Waals surface area contributed by atoms with Crippen LogP contribution < -0.4 is 10.6 Å². The van der Waals surface area contributed by atoms with Crippen molar-refractivity contribution < 1.29 is 4.79 Å². The van der Waals surface area contributed by atoms with Gasteiger partial charge in [0.15, 0.2) is 5.96 Å². The fraction of sp³-hybridized carbons (Fsp3) is 0.368. The number of aromatic nitrogens is 1. The number of rotatable bonds is 6. The number of carbonyl (C=O) groups excluding carboxylic acids is 1. The Bertz CT molecular complexity index is 790. The van der Waals surface area contributed by atoms with Gasteiger partial charge in [-0.15, -0.1) is 24.0 Å². The predicted octanol–water partition coefficient (Wildman–Crippen LogP) is 3.25. The third-order valence-electron chi connectivity index (χ3n) is 4.00. The molecule has 27 heavy (non-hydrogen) atoms. The maximum absolute atomic E-state index is 11.8. The molecule has 0 atom stereocenters. The van der Waals surface area contributed by atoms with Gasteiger partial charge in [-0.1, -0.05) is 23.7 Å². The van der Waals surface area contributed by atoms with Crippen LogP contribution in [0.1, 0.15) is 28.5 Å². The molecule has 2 aromatic rings. The number of halogens is 2. The first-order chi connectivity index (χ1) is 12.4. The number of nitrogens with zero attached hydrogens (tertiary/aromatic N) is 3. The van der Waals surface area contributed by atoms with Crippen molar-refractivity contribution >= 4 is 47.4 Å². The van der Waals surface area contributed by atoms with Gasteiger partial charge in [-0.2, -0.15) is 0 Å². The van der Waals surface area contributed by atoms with Crippen molar-refractivity contribution in [1.82, 2.24) is 20.1 Å². The van der Waals surface area contributed by atoms with Gasteiger partial charge in [-0.25, -0.2) is 4.99 Å². The number of aryl methyl sites for hydroxylation is 1. The second-order valence-electron chi connectivity index (χ2n) is 6.07. The van der Waals surface area contributed by atoms with Crippen molar-refractivity contribution in [3.8, 4) is 0 Å². The Morgan fingerprint density at radius 3 is 2.67 bits per heavy atom. The van der Waals surface area contributed by atoms with E-state index in [1.807, 2.05) is 56.0 Å². The average Bonchev–Trinajstić information content (AvgIpc) is 2.95. The van der Waals surface area contributed by atoms with Crippen molar-refractivity contribution in [3.63, 3.8) is 0 Å². The van der Waals surface area contributed by atoms with E-state index in [4.69, 9.17) is 16.6 Å². The fourth-order valence-electron chi connectivity index (χ4n) is 2.63. The van der Waals surface area contributed by atoms with Crippen molar-refractivity contribution in [3.05, 3.63) is 58.4 Å². The summed E-state index contributed by atoms with van der Waals surface area (Å²) < 4.78 is 2.01. The first-order valence-corrected chi connectivity index (χ1v) is 8.93. The number of amides is 1. The standard InChI is InChI=1S/C19H26ClN5O.HI/c1-5-22-19(25(4)13-17-10-16(20)12-24(17)3)23-11-14-7-6-8-15(9-14)18(26)21-2;/h6-10,12H,5,11,13H2,1-4H3,(H,21,26)(H,22,23);1H. The first-order valence-electron chi connectivity index (χ1n) is 8.55. The molecule has 0 fully saturated rings. The van der Waals surface area contributed by atoms with E-state index < -0.39 is 0 Å². The van der Waals surface area contributed by atoms with Gasteiger partial charge in [0.1, 0.15) is 0 Å². The second-order valence-corrected chi connectivity index (χ2v) is 6.50. The zero-order valence-electron chi connectivity index (χ0n) is 16.1. The van der Waals surface area contributed by atoms with Crippen LogP contribution in [0.25, 0.3) is 0 Å². The van der Waals surface area contributed by atoms with Crippen molar-refractivity contribution in [1.29, 1.82) is 0 Å². The van der Waals surface area contributed by atoms with Gasteiger partial charge in [-0.3, -0.25) is 4.79 Å². The maximum Gasteiger partial charge on any atom is 0.251 e. The number of guanidine groups is 1. The van der Waals surface area contributed by atoms with E-state index in [1.165, 1.54) is 0 Å². The first kappa shape index (κ1) is 23.3. The minimum absolute atomic E-state index is 0. The summed E-state index contributed by atoms with van der Waals surface area (Å²) in [6.07, 6.45) is 1.89. The highest BCUT2D eigenvalue weighted by molar-refractivity contribution is 14.0. The highest BCUT2D eigenvalue weighted by atomic mass is 127. The van der Waals surface area contributed by atoms with Gasteiger partial charge in [0.2, 0.25) is 0 Å². The predicted molar refractivity (Wildman–Crippen MR) is 122 cm³/mol. The Morgan fingerprint density at radius 1 is 1.33 bits per heavy atom. The molecule has 0 aliphatic rings. The number of carbonyl (C=O) groups is 1. The van der Waals surface area contributed by atoms with Crippen LogP contribution in [0.5, 0.6) is 0 Å². The van der Waals surface area contributed by atoms with Gasteiger partial charge >= 0.3 is 0 Å². The van der Waals surface area contributed by atoms with Gasteiger partial charge in [0, 0.05) is 45.1 Å². The smallest absolute Gasteiger partial charge is 0.251 e. The van der Waals surface area contributed by atoms with E-state index in [0.717, 1.165) is 28.8 Å². The quantitative estimate of drug-likeness (QED) is 0.361. The summed E-state index contributed by atoms with van der Waals surface area (Å²) in [5, 5.41) is 6.67. The molecule has 1 heterocycles. The molecule has 8 heteroatoms. The molecule has 2 rings (SSSR count). The summed E-state index contributed by atoms with van der Waals surface area (Å²) in [5.41, 5.74) is 2.72. The molecule has 2 N–H and O–H groups in total. The van der Waals surface area contributed by atoms with Crippen LogP contribution in [0.15, 0.2) is 41.5 Å². The highest BCUT2D eigenvalue weighted by Crippen LogP contribution is 2.14. The molecule has 0 saturated carbocycles. The number of benzene rings is 1. The summed E-state index contributed by atoms with van der Waals surface area (Å²) in [6.45, 7) is 3.99. The van der Waals surface area contributed by atoms with E-state index in [1.54, 1.807) is 13.1 Å². The van der Waals surface area contributed by atoms with Gasteiger partial charge in [0.25, 0.3) is 5.91 Å². The Labute approximate surface area is 183 Å². The summed E-state index contributed by atoms with van der Waals surface area (Å²) in [5.74, 6) is 0.704. The third kappa shape index (κ3) is 6.73. The molecule has 1 aromatic carbocycles. The molecule has 0 radical (unpaired) electrons. The highest BCUT2D eigenvalue weighted by Gasteiger charge is 2.10. The Morgan fingerprint density at radius 2 is 2.07 bits per heavy atom. The SMILES string of the molecule is CCNC(=NCc1cccc(C(=O)NC)c1)N(C)Cc1cc(Cl)cn1C.I. The topological polar surface area (TPSA) is 61.7 Å². The number of nitrogens with one attached hydrogen (secondary N) is 2. The van der Waals surface area contributed by atoms with Gasteiger partial charge in [0.05, 0.1) is 18.1 Å². The summed E-state index contributed by atoms with van der Waals surface area (Å²) in [6, 6.07) is 9.45. The minimum atomic E-state index is -0.0968. The second kappa shape index (κ2) is 11.2. The van der Waals surface area contributed by atoms with E-state index in [0.29, 0.717) is 18.7 Å². The molecule has 6 nitrogen and oxygen atoms in total. The molecule has 1 amide bonds. The molecule has 0 bridgehead atoms. The van der Waals surface area contributed by atoms with Crippen molar-refractivity contribution in [2.45, 2.75) is 20.0 Å². The Kier molecular flexibility index (Phi) is 9.65. The van der Waals surface area contributed by atoms with Crippen LogP contribution >= 0.6 is 35.6 Å². The monoisotopic (exact) mass is 503 g/mol. The van der Waals surface area contributed by atoms with Crippen molar-refractivity contribution in [2.24, 2.45) is 12.0 Å². The lowest BCUT2D eigenvalue weighted by Gasteiger charge is -2.22. The molecule has 0 spiro atoms. The average molecular weight is 504 g/mol. The van der Waals surface area contributed by atoms with Crippen LogP contribution in [0.3, 0.4) is 0 Å². The minimum Gasteiger partial charge on any atom is -0.357 e. The van der Waals surface area contributed by atoms with E-state index in [-0.39, 0.29) is 29.9 Å². The number of hydrogen-bond donors (Lipinski definition) is 2. The largest absolute Gasteiger partial charge is 0.357 e. The van der Waals surface area contributed by atoms with E-state index in [2.05, 4.69) is 15.5 Å². The normalized spacial score (nSPS) is 10.9. The fourth-order valence-corrected chi connectivity index (χ4v) is 2.90. The molecule has 0 unspecified atom stereocenters. The molecule has 1 aromatic heterocycles. The summed E-state index contributed by atoms with van der Waals surface area (Å²) in [7, 11) is 5.59. The molecule has 148 valence electrons. The van der Waals surface area contributed by atoms with Gasteiger partial charge in [-0.05, 0) is 30.7 Å². The lowest BCUT2D eigenvalue weighted by molar-refractivity contribution is 0.0963. The van der Waals surface area contributed by atoms with Crippen LogP contribution in [0, 0.1) is 0 Å². The zero-order chi connectivity index (χ0) is 19.1. The molecular weight excluding hydrogens is 477 g/mol. The van der Waals surface area contributed by atoms with Crippen LogP contribution in [-0.2, 0) is 20.1 Å². The summed E-state index contributed by atoms with van der Waals surface area (Å²) in [4.78, 5) is 18.5. The lowest BCUT2D eigenvalue weighted by Crippen LogP contribution is -2.38. The molecular formula is C19H27ClIN5O. The lowest BCUT2D eigenvalue weighted by atomic mass is 10.1. The molecule has 0 saturated heterocycles. The van der Waals surface area contributed by atoms with E-state index in [9.17, 15) is 4.79 Å². The number of aliphatic imine (C=N–C) groups is 1. The Hall–Kier alpha value is -1.74. The molecule has 0 aliphatic carbocycles. The molecule has 0 aliphatic heterocycles. The third-order valence-corrected chi connectivity index (χ3v) is 4.20. The van der Waals surface area contributed by atoms with Crippen LogP contribution in [0.2, 0.25) is 5.02 Å². The Balaban J connectivity index is 0.00000364.